The van der Waals surface area contributed by atoms with Crippen LogP contribution in [-0.4, -0.2) is 152 Å². The zero-order valence-electron chi connectivity index (χ0n) is 64.9. The summed E-state index contributed by atoms with van der Waals surface area (Å²) in [6, 6.07) is 20.1. The molecule has 4 aliphatic rings. The van der Waals surface area contributed by atoms with Crippen LogP contribution >= 0.6 is 101 Å². The van der Waals surface area contributed by atoms with Gasteiger partial charge in [0, 0.05) is 106 Å². The number of phenols is 3. The zero-order valence-corrected chi connectivity index (χ0v) is 77.1. The number of aryl methyl sites for hydroxylation is 5. The third-order valence-electron chi connectivity index (χ3n) is 18.1. The number of benzene rings is 3. The summed E-state index contributed by atoms with van der Waals surface area (Å²) in [4.78, 5) is 148. The normalized spacial score (nSPS) is 13.1. The Balaban J connectivity index is 0.000000166. The van der Waals surface area contributed by atoms with Gasteiger partial charge in [0.1, 0.15) is 17.2 Å². The van der Waals surface area contributed by atoms with Crippen LogP contribution in [0, 0.1) is 51.9 Å². The van der Waals surface area contributed by atoms with Gasteiger partial charge in [-0.05, 0) is 125 Å². The van der Waals surface area contributed by atoms with Crippen LogP contribution in [0.2, 0.25) is 0 Å². The molecule has 0 saturated heterocycles. The molecule has 13 aromatic rings. The zero-order chi connectivity index (χ0) is 85.1. The summed E-state index contributed by atoms with van der Waals surface area (Å²) < 4.78 is 44.2. The number of fused-ring (bicyclic) bond motifs is 13. The topological polar surface area (TPSA) is 426 Å². The van der Waals surface area contributed by atoms with Crippen LogP contribution in [0.1, 0.15) is 43.2 Å². The van der Waals surface area contributed by atoms with Crippen LogP contribution in [0.3, 0.4) is 0 Å². The van der Waals surface area contributed by atoms with Crippen molar-refractivity contribution in [3.05, 3.63) is 196 Å². The maximum absolute atomic E-state index is 12.6. The second-order valence-electron chi connectivity index (χ2n) is 26.0. The molecule has 120 heavy (non-hydrogen) atoms. The number of thioether (sulfide) groups is 3. The predicted octanol–water partition coefficient (Wildman–Crippen LogP) is 1.49. The van der Waals surface area contributed by atoms with E-state index in [-0.39, 0.29) is 118 Å². The number of phenolic OH excluding ortho intramolecular Hbond substituents is 3. The third-order valence-corrected chi connectivity index (χ3v) is 24.9. The van der Waals surface area contributed by atoms with Gasteiger partial charge in [-0.3, -0.25) is 70.5 Å². The van der Waals surface area contributed by atoms with Gasteiger partial charge >= 0.3 is 58.0 Å². The number of hydrogen-bond donors (Lipinski definition) is 5. The average Bonchev–Trinajstić information content (AvgIpc) is 1.56. The predicted molar refractivity (Wildman–Crippen MR) is 476 cm³/mol. The van der Waals surface area contributed by atoms with E-state index >= 15 is 0 Å². The molecular weight excluding hydrogens is 1930 g/mol. The SMILES string of the molecule is C#CCBr.C#CCn1c(=O)n(C)c(=O)c2c1nc1n2CCCS1.Cn1c(=O)[nH]c2nc(Br)n(CCCCl)c2c1=O.Cn1c(=O)[nH]c2nc3n(c2c1=O)CCCS3.Cn1c(=O)c2c(nc3n2CCCS3(=O)=O)n(CC#Cc2cccc(O)c2)c1=O.Cn1c(=O)c2c(nc3n2CCCS3)n(CC#Cc2cccc(O)c2)c1=O.Oc1cccc(I)c1.[Na+].[SH-]. The first-order chi connectivity index (χ1) is 56.4. The maximum Gasteiger partial charge on any atom is 1.00 e. The fraction of sp³-hybridized carbons (Fsp3) is 0.320. The van der Waals surface area contributed by atoms with Crippen LogP contribution in [-0.2, 0) is 111 Å². The van der Waals surface area contributed by atoms with E-state index in [9.17, 15) is 66.6 Å². The van der Waals surface area contributed by atoms with Crippen LogP contribution < -0.4 is 85.8 Å². The summed E-state index contributed by atoms with van der Waals surface area (Å²) in [5.74, 6) is 20.2. The molecular formula is C75H73Br2ClIN20NaO15S5. The van der Waals surface area contributed by atoms with Gasteiger partial charge in [-0.25, -0.2) is 52.3 Å². The number of aromatic nitrogens is 20. The van der Waals surface area contributed by atoms with Crippen LogP contribution in [0.15, 0.2) is 146 Å². The largest absolute Gasteiger partial charge is 1.00 e. The number of halogens is 4. The van der Waals surface area contributed by atoms with Gasteiger partial charge in [0.15, 0.2) is 76.0 Å². The van der Waals surface area contributed by atoms with Gasteiger partial charge in [-0.2, -0.15) is 4.98 Å². The number of sulfone groups is 1. The number of H-pyrrole nitrogens is 2. The number of terminal acetylenes is 2. The van der Waals surface area contributed by atoms with Crippen molar-refractivity contribution in [1.82, 2.24) is 94.3 Å². The standard InChI is InChI=1S/C18H16N4O5S.C18H16N4O3S.C12H12N4O2S.C9H10BrClN4O2.C9H10N4O2S.C6H5IO.C3H3Br.Na.H2S/c1-20-16(24)14-15(19-17-21(14)9-4-10-28(17,26)27)22(18(20)25)8-3-6-12-5-2-7-13(23)11-12;1-20-16(24)14-15(19-17-21(14)9-4-10-26-17)22(18(20)25)8-3-6-12-5-2-7-13(23)11-12;1-3-5-16-9-8(10(17)14(2)12(16)18)15-6-4-7-19-11(15)13-9;1-14-7(16)5-6(13-9(14)17)12-8(10)15(5)4-2-3-11;1-12-7(14)5-6(10-8(12)15)11-9-13(5)3-2-4-16-9;7-5-2-1-3-6(8)4-5;1-2-3-4;;/h2,5,7,11,23H,4,8-10H2,1H3;2,5,7,11,23H,4,8-10H2,1H3;1H,4-7H2,2H3;2-4H2,1H3,(H,13,17);2-4H2,1H3,(H,10,15);1-4,8H;1H,3H2;;1H2/q;;;;;;;+1;/p-1. The number of aromatic amines is 2. The molecule has 17 rings (SSSR count). The van der Waals surface area contributed by atoms with E-state index < -0.39 is 43.8 Å². The molecule has 0 saturated carbocycles. The number of rotatable bonds is 6. The van der Waals surface area contributed by atoms with Crippen molar-refractivity contribution in [2.45, 2.75) is 105 Å². The molecule has 0 aliphatic carbocycles. The minimum atomic E-state index is -3.61. The number of hydrogen-bond acceptors (Lipinski definition) is 24. The summed E-state index contributed by atoms with van der Waals surface area (Å²) in [6.07, 6.45) is 14.1. The Morgan fingerprint density at radius 2 is 0.908 bits per heavy atom. The van der Waals surface area contributed by atoms with E-state index in [1.54, 1.807) is 88.4 Å². The molecule has 45 heteroatoms. The molecule has 3 aromatic carbocycles. The van der Waals surface area contributed by atoms with Gasteiger partial charge in [0.25, 0.3) is 27.8 Å². The smallest absolute Gasteiger partial charge is 0.813 e. The summed E-state index contributed by atoms with van der Waals surface area (Å²) in [6.45, 7) is 3.32. The van der Waals surface area contributed by atoms with E-state index in [1.807, 2.05) is 25.8 Å². The minimum absolute atomic E-state index is 0. The monoisotopic (exact) mass is 2000 g/mol. The van der Waals surface area contributed by atoms with E-state index in [4.69, 9.17) is 29.6 Å². The van der Waals surface area contributed by atoms with E-state index in [1.165, 1.54) is 65.6 Å². The molecule has 0 fully saturated rings. The number of alkyl halides is 2. The van der Waals surface area contributed by atoms with Crippen molar-refractivity contribution >= 4 is 180 Å². The molecule has 35 nitrogen and oxygen atoms in total. The van der Waals surface area contributed by atoms with E-state index in [2.05, 4.69) is 125 Å². The summed E-state index contributed by atoms with van der Waals surface area (Å²) >= 11 is 18.9. The van der Waals surface area contributed by atoms with Crippen molar-refractivity contribution < 1.29 is 53.3 Å². The number of imidazole rings is 5. The number of nitrogens with zero attached hydrogens (tertiary/aromatic N) is 18. The van der Waals surface area contributed by atoms with Crippen LogP contribution in [0.25, 0.3) is 55.8 Å². The van der Waals surface area contributed by atoms with Gasteiger partial charge in [0.05, 0.1) is 30.7 Å². The second kappa shape index (κ2) is 41.8. The molecule has 10 aromatic heterocycles. The quantitative estimate of drug-likeness (QED) is 0.0299. The van der Waals surface area contributed by atoms with Crippen molar-refractivity contribution in [2.75, 3.05) is 34.2 Å². The Labute approximate surface area is 757 Å². The summed E-state index contributed by atoms with van der Waals surface area (Å²) in [7, 11) is 3.56. The minimum Gasteiger partial charge on any atom is -0.813 e. The number of nitrogens with one attached hydrogen (secondary N) is 2. The van der Waals surface area contributed by atoms with Crippen molar-refractivity contribution in [3.8, 4) is 65.6 Å². The average molecular weight is 2000 g/mol. The molecule has 0 atom stereocenters. The molecule has 4 aliphatic heterocycles. The van der Waals surface area contributed by atoms with Crippen molar-refractivity contribution in [2.24, 2.45) is 35.2 Å². The summed E-state index contributed by atoms with van der Waals surface area (Å²) in [5.41, 5.74) is 0.330. The molecule has 14 heterocycles. The van der Waals surface area contributed by atoms with Crippen molar-refractivity contribution in [1.29, 1.82) is 0 Å². The van der Waals surface area contributed by atoms with Crippen LogP contribution in [0.5, 0.6) is 17.2 Å². The first kappa shape index (κ1) is 94.2. The van der Waals surface area contributed by atoms with Crippen LogP contribution in [0.4, 0.5) is 0 Å². The first-order valence-electron chi connectivity index (χ1n) is 35.7. The van der Waals surface area contributed by atoms with Gasteiger partial charge in [-0.1, -0.05) is 105 Å². The van der Waals surface area contributed by atoms with E-state index in [0.717, 1.165) is 98.0 Å². The Morgan fingerprint density at radius 1 is 0.517 bits per heavy atom. The van der Waals surface area contributed by atoms with Gasteiger partial charge in [-0.15, -0.1) is 24.4 Å². The molecule has 0 spiro atoms. The fourth-order valence-electron chi connectivity index (χ4n) is 12.4. The summed E-state index contributed by atoms with van der Waals surface area (Å²) in [5, 5.41) is 30.6. The first-order valence-corrected chi connectivity index (χ1v) is 43.8. The number of aromatic hydroxyl groups is 3. The van der Waals surface area contributed by atoms with E-state index in [0.29, 0.717) is 103 Å². The van der Waals surface area contributed by atoms with Crippen molar-refractivity contribution in [3.63, 3.8) is 0 Å². The third kappa shape index (κ3) is 20.6. The Kier molecular flexibility index (Phi) is 32.8. The molecule has 622 valence electrons. The molecule has 0 bridgehead atoms. The van der Waals surface area contributed by atoms with Gasteiger partial charge < -0.3 is 51.7 Å². The van der Waals surface area contributed by atoms with Gasteiger partial charge in [0.2, 0.25) is 15.0 Å². The number of thiol groups is 1. The Morgan fingerprint density at radius 3 is 1.33 bits per heavy atom. The molecule has 0 amide bonds. The molecule has 0 radical (unpaired) electrons. The Bertz CT molecular complexity index is 7140. The molecule has 0 unspecified atom stereocenters. The molecule has 5 N–H and O–H groups in total. The Hall–Kier alpha value is -9.62. The maximum atomic E-state index is 12.6. The fourth-order valence-corrected chi connectivity index (χ4v) is 17.9. The second-order valence-corrected chi connectivity index (χ2v) is 34.0.